The van der Waals surface area contributed by atoms with Crippen LogP contribution >= 0.6 is 0 Å². The summed E-state index contributed by atoms with van der Waals surface area (Å²) in [4.78, 5) is 85.2. The van der Waals surface area contributed by atoms with Crippen molar-refractivity contribution < 1.29 is 51.7 Å². The van der Waals surface area contributed by atoms with Crippen molar-refractivity contribution in [2.24, 2.45) is 17.3 Å². The lowest BCUT2D eigenvalue weighted by Gasteiger charge is -2.43. The van der Waals surface area contributed by atoms with Gasteiger partial charge in [-0.25, -0.2) is 19.0 Å². The van der Waals surface area contributed by atoms with Gasteiger partial charge in [0.25, 0.3) is 12.3 Å². The topological polar surface area (TPSA) is 180 Å². The third-order valence-corrected chi connectivity index (χ3v) is 16.9. The van der Waals surface area contributed by atoms with E-state index in [1.807, 2.05) is 38.2 Å². The van der Waals surface area contributed by atoms with Crippen molar-refractivity contribution in [1.82, 2.24) is 40.0 Å². The molecule has 1 aliphatic carbocycles. The molecule has 0 saturated carbocycles. The Morgan fingerprint density at radius 2 is 1.68 bits per heavy atom. The number of rotatable bonds is 6. The number of nitrogens with zero attached hydrogens (tertiary/aromatic N) is 7. The van der Waals surface area contributed by atoms with Crippen LogP contribution in [0.5, 0.6) is 5.75 Å². The summed E-state index contributed by atoms with van der Waals surface area (Å²) in [5.74, 6) is -2.93. The number of hydrazine groups is 1. The fourth-order valence-electron chi connectivity index (χ4n) is 13.2. The van der Waals surface area contributed by atoms with E-state index in [4.69, 9.17) is 23.9 Å². The SMILES string of the molecule is CCn1c2c3c4cc(ccc41)-c1cc4cc(c1)OC[C@@H]1[C@H](CCN1C(=O)OC(C)(C)C)C(=O)N(C)[C@@H](C(C)C)C(=O)N[C@@H](C4)C(=O)N1CCC[C@H](N1)C(=O)OCC(C)(C)C3[C@H](OC)c1ncc(N3CCN(CC(F)F)CC3)cc1-2. The van der Waals surface area contributed by atoms with E-state index < -0.39 is 83.4 Å². The lowest BCUT2D eigenvalue weighted by Crippen LogP contribution is -2.62. The number of nitrogens with one attached hydrogen (secondary N) is 2. The van der Waals surface area contributed by atoms with Gasteiger partial charge < -0.3 is 43.5 Å². The number of carbonyl (C=O) groups is 5. The zero-order valence-corrected chi connectivity index (χ0v) is 47.3. The van der Waals surface area contributed by atoms with E-state index in [2.05, 4.69) is 65.2 Å². The third kappa shape index (κ3) is 10.9. The molecule has 4 amide bonds. The first-order valence-electron chi connectivity index (χ1n) is 28.1. The summed E-state index contributed by atoms with van der Waals surface area (Å²) in [7, 11) is 3.27. The predicted octanol–water partition coefficient (Wildman–Crippen LogP) is 7.17. The second-order valence-corrected chi connectivity index (χ2v) is 24.3. The van der Waals surface area contributed by atoms with Gasteiger partial charge in [-0.05, 0) is 105 Å². The van der Waals surface area contributed by atoms with Gasteiger partial charge in [0.15, 0.2) is 0 Å². The molecule has 5 aliphatic heterocycles. The minimum atomic E-state index is -2.41. The molecule has 4 aromatic rings. The number of carbonyl (C=O) groups excluding carboxylic acids is 5. The molecular formula is C59H77F2N9O9. The number of alkyl halides is 2. The monoisotopic (exact) mass is 1090 g/mol. The standard InChI is InChI=1S/C59H77F2N9O9/c1-11-68-44-15-14-35-27-40(44)47-48(52(76-10)49-41(51(47)68)28-37(29-62-49)67-21-19-66(20-22-67)30-46(60)61)59(7,8)32-78-56(74)42-13-12-17-70(64-42)55(73)43-25-34-23-36(35)26-38(24-34)77-31-45-39(16-18-69(45)57(75)79-58(4,5)6)54(72)65(9)50(33(2)3)53(71)63-43/h14-15,23-24,26-29,33,39,42-43,45-46,48,50,52,64H,11-13,16-22,25,30-32H2,1-10H3,(H,63,71)/t39-,42-,43-,45+,48?,50-,52-/m0/s1. The van der Waals surface area contributed by atoms with Crippen molar-refractivity contribution in [3.63, 3.8) is 0 Å². The molecule has 2 N–H and O–H groups in total. The van der Waals surface area contributed by atoms with E-state index in [0.717, 1.165) is 50.2 Å². The number of ether oxygens (including phenoxy) is 4. The molecule has 7 atom stereocenters. The number of hydrogen-bond donors (Lipinski definition) is 2. The van der Waals surface area contributed by atoms with Crippen LogP contribution in [-0.4, -0.2) is 168 Å². The third-order valence-electron chi connectivity index (χ3n) is 16.9. The van der Waals surface area contributed by atoms with Crippen LogP contribution in [-0.2, 0) is 46.4 Å². The average molecular weight is 1090 g/mol. The lowest BCUT2D eigenvalue weighted by molar-refractivity contribution is -0.156. The van der Waals surface area contributed by atoms with E-state index in [1.54, 1.807) is 44.7 Å². The van der Waals surface area contributed by atoms with E-state index >= 15 is 4.79 Å². The minimum absolute atomic E-state index is 0.00576. The highest BCUT2D eigenvalue weighted by atomic mass is 19.3. The maximum atomic E-state index is 15.1. The highest BCUT2D eigenvalue weighted by Gasteiger charge is 2.49. The van der Waals surface area contributed by atoms with Gasteiger partial charge in [0, 0.05) is 94.2 Å². The van der Waals surface area contributed by atoms with Crippen LogP contribution in [0.15, 0.2) is 48.7 Å². The van der Waals surface area contributed by atoms with Crippen molar-refractivity contribution >= 4 is 46.4 Å². The number of methoxy groups -OCH3 is 1. The zero-order chi connectivity index (χ0) is 56.4. The number of esters is 1. The number of piperazine rings is 1. The molecule has 0 spiro atoms. The van der Waals surface area contributed by atoms with Gasteiger partial charge in [-0.2, -0.15) is 0 Å². The molecule has 426 valence electrons. The van der Waals surface area contributed by atoms with Crippen molar-refractivity contribution in [3.05, 3.63) is 65.5 Å². The number of cyclic esters (lactones) is 1. The molecule has 8 bridgehead atoms. The van der Waals surface area contributed by atoms with Gasteiger partial charge in [-0.1, -0.05) is 39.8 Å². The zero-order valence-electron chi connectivity index (χ0n) is 47.3. The summed E-state index contributed by atoms with van der Waals surface area (Å²) in [5.41, 5.74) is 9.29. The summed E-state index contributed by atoms with van der Waals surface area (Å²) in [5, 5.41) is 5.44. The normalized spacial score (nSPS) is 26.0. The Morgan fingerprint density at radius 3 is 2.38 bits per heavy atom. The molecule has 3 fully saturated rings. The van der Waals surface area contributed by atoms with Gasteiger partial charge in [-0.3, -0.25) is 34.1 Å². The van der Waals surface area contributed by atoms with Crippen LogP contribution in [0.2, 0.25) is 0 Å². The molecule has 2 aromatic carbocycles. The molecule has 18 nitrogen and oxygen atoms in total. The Morgan fingerprint density at radius 1 is 0.924 bits per heavy atom. The largest absolute Gasteiger partial charge is 0.491 e. The van der Waals surface area contributed by atoms with Crippen LogP contribution in [0, 0.1) is 17.3 Å². The fraction of sp³-hybridized carbons (Fsp3) is 0.593. The maximum Gasteiger partial charge on any atom is 0.410 e. The predicted molar refractivity (Wildman–Crippen MR) is 293 cm³/mol. The van der Waals surface area contributed by atoms with Crippen LogP contribution in [0.4, 0.5) is 19.3 Å². The summed E-state index contributed by atoms with van der Waals surface area (Å²) >= 11 is 0. The molecule has 7 heterocycles. The number of aromatic nitrogens is 2. The Kier molecular flexibility index (Phi) is 15.5. The molecule has 20 heteroatoms. The summed E-state index contributed by atoms with van der Waals surface area (Å²) in [6.07, 6.45) is -0.505. The highest BCUT2D eigenvalue weighted by molar-refractivity contribution is 5.98. The number of anilines is 1. The Labute approximate surface area is 461 Å². The molecule has 6 aliphatic rings. The fourth-order valence-corrected chi connectivity index (χ4v) is 13.2. The second-order valence-electron chi connectivity index (χ2n) is 24.3. The first-order chi connectivity index (χ1) is 37.5. The van der Waals surface area contributed by atoms with Gasteiger partial charge in [0.2, 0.25) is 11.8 Å². The first kappa shape index (κ1) is 55.9. The molecule has 1 unspecified atom stereocenters. The summed E-state index contributed by atoms with van der Waals surface area (Å²) in [6.45, 7) is 18.2. The van der Waals surface area contributed by atoms with Gasteiger partial charge in [-0.15, -0.1) is 0 Å². The number of fused-ring (bicyclic) bond motifs is 10. The van der Waals surface area contributed by atoms with Gasteiger partial charge in [0.1, 0.15) is 42.2 Å². The number of halogens is 2. The van der Waals surface area contributed by atoms with Crippen molar-refractivity contribution in [1.29, 1.82) is 0 Å². The van der Waals surface area contributed by atoms with Crippen molar-refractivity contribution in [2.45, 2.75) is 136 Å². The second kappa shape index (κ2) is 21.9. The van der Waals surface area contributed by atoms with E-state index in [0.29, 0.717) is 63.3 Å². The summed E-state index contributed by atoms with van der Waals surface area (Å²) in [6, 6.07) is 10.5. The number of hydrogen-bond acceptors (Lipinski definition) is 13. The van der Waals surface area contributed by atoms with Gasteiger partial charge in [0.05, 0.1) is 48.4 Å². The van der Waals surface area contributed by atoms with Crippen LogP contribution in [0.3, 0.4) is 0 Å². The van der Waals surface area contributed by atoms with Crippen molar-refractivity contribution in [2.75, 3.05) is 78.1 Å². The number of pyridine rings is 1. The Balaban J connectivity index is 1.15. The molecule has 10 rings (SSSR count). The number of likely N-dealkylation sites (N-methyl/N-ethyl adjacent to an activating group) is 1. The molecular weight excluding hydrogens is 1020 g/mol. The van der Waals surface area contributed by atoms with Gasteiger partial charge >= 0.3 is 12.1 Å². The molecule has 3 saturated heterocycles. The minimum Gasteiger partial charge on any atom is -0.491 e. The van der Waals surface area contributed by atoms with E-state index in [1.165, 1.54) is 9.91 Å². The van der Waals surface area contributed by atoms with E-state index in [-0.39, 0.29) is 51.1 Å². The Hall–Kier alpha value is -6.38. The number of likely N-dealkylation sites (tertiary alicyclic amines) is 1. The summed E-state index contributed by atoms with van der Waals surface area (Å²) < 4.78 is 54.7. The number of aryl methyl sites for hydroxylation is 1. The van der Waals surface area contributed by atoms with Crippen molar-refractivity contribution in [3.8, 4) is 28.1 Å². The molecule has 79 heavy (non-hydrogen) atoms. The molecule has 2 aromatic heterocycles. The number of benzene rings is 2. The average Bonchev–Trinajstić information content (AvgIpc) is 4.24. The molecule has 0 radical (unpaired) electrons. The maximum absolute atomic E-state index is 15.1. The Bertz CT molecular complexity index is 3000. The smallest absolute Gasteiger partial charge is 0.410 e. The first-order valence-corrected chi connectivity index (χ1v) is 28.1. The highest BCUT2D eigenvalue weighted by Crippen LogP contribution is 2.57. The van der Waals surface area contributed by atoms with Crippen LogP contribution < -0.4 is 20.4 Å². The lowest BCUT2D eigenvalue weighted by atomic mass is 9.67. The quantitative estimate of drug-likeness (QED) is 0.186. The van der Waals surface area contributed by atoms with Crippen LogP contribution in [0.25, 0.3) is 33.3 Å². The number of amides is 4. The van der Waals surface area contributed by atoms with Crippen LogP contribution in [0.1, 0.15) is 103 Å². The van der Waals surface area contributed by atoms with E-state index in [9.17, 15) is 28.0 Å².